The fourth-order valence-electron chi connectivity index (χ4n) is 0.696. The summed E-state index contributed by atoms with van der Waals surface area (Å²) in [5.74, 6) is 0. The molecule has 0 aliphatic carbocycles. The van der Waals surface area contributed by atoms with Gasteiger partial charge < -0.3 is 5.11 Å². The second kappa shape index (κ2) is 3.14. The quantitative estimate of drug-likeness (QED) is 0.656. The fourth-order valence-corrected chi connectivity index (χ4v) is 2.09. The van der Waals surface area contributed by atoms with Crippen LogP contribution in [0.5, 0.6) is 0 Å². The number of rotatable bonds is 2. The molecule has 68 valence electrons. The van der Waals surface area contributed by atoms with Crippen LogP contribution in [-0.4, -0.2) is 25.5 Å². The lowest BCUT2D eigenvalue weighted by Gasteiger charge is -2.22. The van der Waals surface area contributed by atoms with Gasteiger partial charge >= 0.3 is 6.18 Å². The normalized spacial score (nSPS) is 16.6. The average Bonchev–Trinajstić information content (AvgIpc) is 1.56. The summed E-state index contributed by atoms with van der Waals surface area (Å²) in [6, 6.07) is -0.115. The van der Waals surface area contributed by atoms with E-state index < -0.39 is 20.4 Å². The van der Waals surface area contributed by atoms with Gasteiger partial charge in [-0.15, -0.1) is 0 Å². The van der Waals surface area contributed by atoms with Crippen LogP contribution in [0.15, 0.2) is 0 Å². The summed E-state index contributed by atoms with van der Waals surface area (Å²) in [4.78, 5) is 0. The number of hydrogen-bond acceptors (Lipinski definition) is 1. The standard InChI is InChI=1S/C6H13F3OSi/c1-11(2,3)4-5(10)6(7,8)9/h5,10H,4H2,1-3H3. The first-order valence-electron chi connectivity index (χ1n) is 3.38. The van der Waals surface area contributed by atoms with Crippen molar-refractivity contribution in [3.8, 4) is 0 Å². The van der Waals surface area contributed by atoms with Gasteiger partial charge in [-0.25, -0.2) is 0 Å². The van der Waals surface area contributed by atoms with Gasteiger partial charge in [-0.3, -0.25) is 0 Å². The van der Waals surface area contributed by atoms with Crippen LogP contribution in [0, 0.1) is 0 Å². The molecule has 1 unspecified atom stereocenters. The van der Waals surface area contributed by atoms with Crippen molar-refractivity contribution in [2.45, 2.75) is 38.0 Å². The molecule has 0 saturated carbocycles. The summed E-state index contributed by atoms with van der Waals surface area (Å²) < 4.78 is 35.3. The topological polar surface area (TPSA) is 20.2 Å². The van der Waals surface area contributed by atoms with E-state index in [9.17, 15) is 13.2 Å². The van der Waals surface area contributed by atoms with Gasteiger partial charge in [-0.2, -0.15) is 13.2 Å². The molecule has 0 aliphatic heterocycles. The van der Waals surface area contributed by atoms with Gasteiger partial charge in [0.15, 0.2) is 0 Å². The smallest absolute Gasteiger partial charge is 0.384 e. The van der Waals surface area contributed by atoms with Gasteiger partial charge in [0.1, 0.15) is 6.10 Å². The zero-order valence-corrected chi connectivity index (χ0v) is 7.87. The van der Waals surface area contributed by atoms with Gasteiger partial charge in [-0.1, -0.05) is 19.6 Å². The molecule has 0 rings (SSSR count). The number of aliphatic hydroxyl groups is 1. The molecule has 0 spiro atoms. The Morgan fingerprint density at radius 2 is 1.64 bits per heavy atom. The van der Waals surface area contributed by atoms with Gasteiger partial charge in [0.25, 0.3) is 0 Å². The molecule has 1 N–H and O–H groups in total. The Bertz CT molecular complexity index is 127. The van der Waals surface area contributed by atoms with E-state index in [0.29, 0.717) is 0 Å². The Hall–Kier alpha value is -0.0331. The molecule has 0 saturated heterocycles. The van der Waals surface area contributed by atoms with Crippen LogP contribution in [0.3, 0.4) is 0 Å². The third kappa shape index (κ3) is 5.26. The molecule has 0 amide bonds. The van der Waals surface area contributed by atoms with Gasteiger partial charge in [-0.05, 0) is 6.04 Å². The molecule has 0 fully saturated rings. The zero-order chi connectivity index (χ0) is 9.28. The lowest BCUT2D eigenvalue weighted by Crippen LogP contribution is -2.36. The maximum atomic E-state index is 11.8. The largest absolute Gasteiger partial charge is 0.414 e. The average molecular weight is 186 g/mol. The van der Waals surface area contributed by atoms with Crippen LogP contribution in [-0.2, 0) is 0 Å². The van der Waals surface area contributed by atoms with Crippen LogP contribution in [0.1, 0.15) is 0 Å². The van der Waals surface area contributed by atoms with E-state index in [1.165, 1.54) is 0 Å². The highest BCUT2D eigenvalue weighted by Crippen LogP contribution is 2.26. The van der Waals surface area contributed by atoms with E-state index in [2.05, 4.69) is 0 Å². The number of alkyl halides is 3. The van der Waals surface area contributed by atoms with Crippen LogP contribution in [0.4, 0.5) is 13.2 Å². The Kier molecular flexibility index (Phi) is 3.13. The minimum absolute atomic E-state index is 0.115. The van der Waals surface area contributed by atoms with E-state index in [-0.39, 0.29) is 6.04 Å². The van der Waals surface area contributed by atoms with Crippen molar-refractivity contribution in [3.05, 3.63) is 0 Å². The molecular weight excluding hydrogens is 173 g/mol. The van der Waals surface area contributed by atoms with E-state index in [4.69, 9.17) is 5.11 Å². The molecular formula is C6H13F3OSi. The maximum Gasteiger partial charge on any atom is 0.414 e. The van der Waals surface area contributed by atoms with Gasteiger partial charge in [0, 0.05) is 8.07 Å². The summed E-state index contributed by atoms with van der Waals surface area (Å²) in [6.45, 7) is 5.38. The highest BCUT2D eigenvalue weighted by molar-refractivity contribution is 6.76. The van der Waals surface area contributed by atoms with Crippen molar-refractivity contribution in [1.82, 2.24) is 0 Å². The Morgan fingerprint density at radius 1 is 1.27 bits per heavy atom. The first-order chi connectivity index (χ1) is 4.63. The third-order valence-corrected chi connectivity index (χ3v) is 2.80. The number of hydrogen-bond donors (Lipinski definition) is 1. The first kappa shape index (κ1) is 11.0. The molecule has 0 aliphatic rings. The fraction of sp³-hybridized carbons (Fsp3) is 1.00. The monoisotopic (exact) mass is 186 g/mol. The molecule has 0 aromatic heterocycles. The first-order valence-corrected chi connectivity index (χ1v) is 7.08. The molecule has 0 aromatic rings. The van der Waals surface area contributed by atoms with Gasteiger partial charge in [0.05, 0.1) is 0 Å². The Labute approximate surface area is 65.2 Å². The summed E-state index contributed by atoms with van der Waals surface area (Å²) >= 11 is 0. The minimum Gasteiger partial charge on any atom is -0.384 e. The van der Waals surface area contributed by atoms with Crippen molar-refractivity contribution in [3.63, 3.8) is 0 Å². The number of aliphatic hydroxyl groups excluding tert-OH is 1. The molecule has 0 aromatic carbocycles. The summed E-state index contributed by atoms with van der Waals surface area (Å²) in [5.41, 5.74) is 0. The number of halogens is 3. The minimum atomic E-state index is -4.44. The molecule has 0 radical (unpaired) electrons. The second-order valence-corrected chi connectivity index (χ2v) is 9.35. The van der Waals surface area contributed by atoms with Crippen LogP contribution >= 0.6 is 0 Å². The van der Waals surface area contributed by atoms with Crippen molar-refractivity contribution < 1.29 is 18.3 Å². The van der Waals surface area contributed by atoms with E-state index in [1.54, 1.807) is 19.6 Å². The lowest BCUT2D eigenvalue weighted by atomic mass is 10.4. The predicted octanol–water partition coefficient (Wildman–Crippen LogP) is 2.25. The van der Waals surface area contributed by atoms with E-state index in [1.807, 2.05) is 0 Å². The SMILES string of the molecule is C[Si](C)(C)CC(O)C(F)(F)F. The Balaban J connectivity index is 3.99. The summed E-state index contributed by atoms with van der Waals surface area (Å²) in [5, 5.41) is 8.63. The second-order valence-electron chi connectivity index (χ2n) is 3.82. The molecule has 1 nitrogen and oxygen atoms in total. The van der Waals surface area contributed by atoms with Crippen molar-refractivity contribution in [1.29, 1.82) is 0 Å². The zero-order valence-electron chi connectivity index (χ0n) is 6.87. The molecule has 0 bridgehead atoms. The van der Waals surface area contributed by atoms with Crippen molar-refractivity contribution >= 4 is 8.07 Å². The van der Waals surface area contributed by atoms with Crippen LogP contribution < -0.4 is 0 Å². The maximum absolute atomic E-state index is 11.8. The van der Waals surface area contributed by atoms with Gasteiger partial charge in [0.2, 0.25) is 0 Å². The molecule has 5 heteroatoms. The summed E-state index contributed by atoms with van der Waals surface area (Å²) in [6.07, 6.45) is -6.57. The van der Waals surface area contributed by atoms with E-state index in [0.717, 1.165) is 0 Å². The predicted molar refractivity (Wildman–Crippen MR) is 40.2 cm³/mol. The highest BCUT2D eigenvalue weighted by atomic mass is 28.3. The van der Waals surface area contributed by atoms with Crippen molar-refractivity contribution in [2.24, 2.45) is 0 Å². The molecule has 1 atom stereocenters. The Morgan fingerprint density at radius 3 is 1.73 bits per heavy atom. The van der Waals surface area contributed by atoms with Crippen LogP contribution in [0.2, 0.25) is 25.7 Å². The van der Waals surface area contributed by atoms with E-state index >= 15 is 0 Å². The summed E-state index contributed by atoms with van der Waals surface area (Å²) in [7, 11) is -1.80. The molecule has 0 heterocycles. The highest BCUT2D eigenvalue weighted by Gasteiger charge is 2.40. The lowest BCUT2D eigenvalue weighted by molar-refractivity contribution is -0.197. The van der Waals surface area contributed by atoms with Crippen LogP contribution in [0.25, 0.3) is 0 Å². The third-order valence-electron chi connectivity index (χ3n) is 1.18. The van der Waals surface area contributed by atoms with Crippen molar-refractivity contribution in [2.75, 3.05) is 0 Å². The molecule has 11 heavy (non-hydrogen) atoms.